The summed E-state index contributed by atoms with van der Waals surface area (Å²) in [5.41, 5.74) is -1.38. The zero-order chi connectivity index (χ0) is 17.3. The molecule has 0 aromatic carbocycles. The van der Waals surface area contributed by atoms with E-state index in [1.165, 1.54) is 0 Å². The Bertz CT molecular complexity index is 558. The van der Waals surface area contributed by atoms with Gasteiger partial charge in [-0.2, -0.15) is 0 Å². The minimum Gasteiger partial charge on any atom is -0.445 e. The van der Waals surface area contributed by atoms with Gasteiger partial charge in [0.2, 0.25) is 5.95 Å². The molecule has 11 heteroatoms. The van der Waals surface area contributed by atoms with E-state index in [2.05, 4.69) is 9.97 Å². The van der Waals surface area contributed by atoms with E-state index < -0.39 is 24.1 Å². The number of nitrogens with zero attached hydrogens (tertiary/aromatic N) is 4. The van der Waals surface area contributed by atoms with Crippen LogP contribution in [0.4, 0.5) is 23.7 Å². The SMILES string of the molecule is CC(C)(C)OC(=O)N1CCN(c2ncc([B-](F)(F)F)cn2)CC1.[K+]. The largest absolute Gasteiger partial charge is 1.00 e. The molecule has 2 rings (SSSR count). The van der Waals surface area contributed by atoms with E-state index in [0.29, 0.717) is 26.2 Å². The summed E-state index contributed by atoms with van der Waals surface area (Å²) < 4.78 is 42.9. The average Bonchev–Trinajstić information content (AvgIpc) is 2.45. The Morgan fingerprint density at radius 1 is 1.12 bits per heavy atom. The molecule has 1 aromatic rings. The summed E-state index contributed by atoms with van der Waals surface area (Å²) in [5, 5.41) is 0. The van der Waals surface area contributed by atoms with Crippen LogP contribution in [0.25, 0.3) is 0 Å². The molecule has 24 heavy (non-hydrogen) atoms. The van der Waals surface area contributed by atoms with Crippen molar-refractivity contribution in [2.24, 2.45) is 0 Å². The van der Waals surface area contributed by atoms with E-state index >= 15 is 0 Å². The maximum absolute atomic E-state index is 12.5. The van der Waals surface area contributed by atoms with Crippen LogP contribution in [0.2, 0.25) is 0 Å². The molecule has 0 N–H and O–H groups in total. The first kappa shape index (κ1) is 21.7. The molecule has 0 radical (unpaired) electrons. The molecule has 0 aliphatic carbocycles. The summed E-state index contributed by atoms with van der Waals surface area (Å²) >= 11 is 0. The predicted octanol–water partition coefficient (Wildman–Crippen LogP) is -1.41. The van der Waals surface area contributed by atoms with Crippen LogP contribution < -0.4 is 61.7 Å². The predicted molar refractivity (Wildman–Crippen MR) is 80.8 cm³/mol. The molecule has 1 saturated heterocycles. The third-order valence-electron chi connectivity index (χ3n) is 3.25. The summed E-state index contributed by atoms with van der Waals surface area (Å²) in [7, 11) is 0. The second-order valence-corrected chi connectivity index (χ2v) is 6.35. The fraction of sp³-hybridized carbons (Fsp3) is 0.615. The van der Waals surface area contributed by atoms with E-state index in [-0.39, 0.29) is 57.3 Å². The first-order valence-electron chi connectivity index (χ1n) is 7.31. The van der Waals surface area contributed by atoms with Crippen LogP contribution in [0, 0.1) is 0 Å². The molecule has 0 spiro atoms. The molecular weight excluding hydrogens is 351 g/mol. The van der Waals surface area contributed by atoms with Crippen LogP contribution in [-0.4, -0.2) is 59.7 Å². The Hall–Kier alpha value is -0.359. The van der Waals surface area contributed by atoms with Gasteiger partial charge in [-0.1, -0.05) is 5.46 Å². The molecule has 1 aliphatic rings. The topological polar surface area (TPSA) is 58.6 Å². The van der Waals surface area contributed by atoms with E-state index in [1.54, 1.807) is 30.6 Å². The second-order valence-electron chi connectivity index (χ2n) is 6.35. The van der Waals surface area contributed by atoms with Crippen molar-refractivity contribution in [2.75, 3.05) is 31.1 Å². The van der Waals surface area contributed by atoms with Crippen molar-refractivity contribution in [2.45, 2.75) is 26.4 Å². The van der Waals surface area contributed by atoms with Crippen LogP contribution >= 0.6 is 0 Å². The fourth-order valence-corrected chi connectivity index (χ4v) is 2.08. The third-order valence-corrected chi connectivity index (χ3v) is 3.25. The quantitative estimate of drug-likeness (QED) is 0.599. The monoisotopic (exact) mass is 370 g/mol. The van der Waals surface area contributed by atoms with Crippen molar-refractivity contribution in [3.05, 3.63) is 12.4 Å². The number of anilines is 1. The number of carbonyl (C=O) groups excluding carboxylic acids is 1. The van der Waals surface area contributed by atoms with E-state index in [9.17, 15) is 17.7 Å². The smallest absolute Gasteiger partial charge is 0.445 e. The molecule has 1 amide bonds. The molecule has 128 valence electrons. The van der Waals surface area contributed by atoms with Crippen molar-refractivity contribution in [1.82, 2.24) is 14.9 Å². The van der Waals surface area contributed by atoms with Gasteiger partial charge in [-0.3, -0.25) is 0 Å². The average molecular weight is 370 g/mol. The normalized spacial score (nSPS) is 15.8. The number of hydrogen-bond donors (Lipinski definition) is 0. The molecule has 0 unspecified atom stereocenters. The standard InChI is InChI=1S/C13H19BF3N4O2.K/c1-13(2,3)23-12(22)21-6-4-20(5-7-21)11-18-8-10(9-19-11)14(15,16)17;/h8-9H,4-7H2,1-3H3;/q-1;+1. The van der Waals surface area contributed by atoms with Gasteiger partial charge in [0.15, 0.2) is 0 Å². The number of amides is 1. The van der Waals surface area contributed by atoms with Gasteiger partial charge >= 0.3 is 64.5 Å². The van der Waals surface area contributed by atoms with E-state index in [0.717, 1.165) is 12.4 Å². The summed E-state index contributed by atoms with van der Waals surface area (Å²) in [5.74, 6) is 0.234. The number of ether oxygens (including phenoxy) is 1. The van der Waals surface area contributed by atoms with E-state index in [4.69, 9.17) is 4.74 Å². The molecule has 2 heterocycles. The Morgan fingerprint density at radius 3 is 2.04 bits per heavy atom. The second kappa shape index (κ2) is 8.35. The van der Waals surface area contributed by atoms with Crippen LogP contribution in [0.5, 0.6) is 0 Å². The molecule has 1 aromatic heterocycles. The van der Waals surface area contributed by atoms with Crippen LogP contribution in [-0.2, 0) is 4.74 Å². The maximum Gasteiger partial charge on any atom is 1.00 e. The van der Waals surface area contributed by atoms with Crippen LogP contribution in [0.15, 0.2) is 12.4 Å². The zero-order valence-electron chi connectivity index (χ0n) is 14.3. The van der Waals surface area contributed by atoms with Gasteiger partial charge in [0.05, 0.1) is 0 Å². The van der Waals surface area contributed by atoms with Crippen molar-refractivity contribution < 1.29 is 73.9 Å². The van der Waals surface area contributed by atoms with Crippen LogP contribution in [0.3, 0.4) is 0 Å². The minimum absolute atomic E-state index is 0. The van der Waals surface area contributed by atoms with Gasteiger partial charge in [-0.05, 0) is 20.8 Å². The number of aromatic nitrogens is 2. The van der Waals surface area contributed by atoms with Gasteiger partial charge in [0.25, 0.3) is 0 Å². The van der Waals surface area contributed by atoms with Crippen molar-refractivity contribution in [3.8, 4) is 0 Å². The van der Waals surface area contributed by atoms with Gasteiger partial charge in [0.1, 0.15) is 5.60 Å². The van der Waals surface area contributed by atoms with Gasteiger partial charge < -0.3 is 27.5 Å². The maximum atomic E-state index is 12.5. The first-order valence-corrected chi connectivity index (χ1v) is 7.31. The Morgan fingerprint density at radius 2 is 1.62 bits per heavy atom. The summed E-state index contributed by atoms with van der Waals surface area (Å²) in [4.78, 5) is 22.8. The summed E-state index contributed by atoms with van der Waals surface area (Å²) in [6.45, 7) is 1.98. The molecule has 0 atom stereocenters. The number of hydrogen-bond acceptors (Lipinski definition) is 5. The number of halogens is 3. The summed E-state index contributed by atoms with van der Waals surface area (Å²) in [6, 6.07) is 0. The zero-order valence-corrected chi connectivity index (χ0v) is 17.4. The number of carbonyl (C=O) groups is 1. The Labute approximate surface area is 181 Å². The van der Waals surface area contributed by atoms with Crippen molar-refractivity contribution in [3.63, 3.8) is 0 Å². The van der Waals surface area contributed by atoms with Gasteiger partial charge in [-0.25, -0.2) is 14.8 Å². The molecule has 0 saturated carbocycles. The van der Waals surface area contributed by atoms with Crippen molar-refractivity contribution >= 4 is 24.5 Å². The van der Waals surface area contributed by atoms with Gasteiger partial charge in [0, 0.05) is 38.6 Å². The minimum atomic E-state index is -5.09. The molecule has 0 bridgehead atoms. The molecule has 1 fully saturated rings. The van der Waals surface area contributed by atoms with Gasteiger partial charge in [-0.15, -0.1) is 0 Å². The summed E-state index contributed by atoms with van der Waals surface area (Å²) in [6.07, 6.45) is 1.19. The number of piperazine rings is 1. The first-order chi connectivity index (χ1) is 10.6. The fourth-order valence-electron chi connectivity index (χ4n) is 2.08. The molecule has 1 aliphatic heterocycles. The van der Waals surface area contributed by atoms with Crippen LogP contribution in [0.1, 0.15) is 20.8 Å². The van der Waals surface area contributed by atoms with Crippen molar-refractivity contribution in [1.29, 1.82) is 0 Å². The van der Waals surface area contributed by atoms with E-state index in [1.807, 2.05) is 0 Å². The Balaban J connectivity index is 0.00000288. The number of rotatable bonds is 2. The molecule has 6 nitrogen and oxygen atoms in total. The Kier molecular flexibility index (Phi) is 7.54. The molecular formula is C13H19BF3KN4O2. The third kappa shape index (κ3) is 6.18.